The third-order valence-corrected chi connectivity index (χ3v) is 4.30. The molecule has 0 bridgehead atoms. The van der Waals surface area contributed by atoms with E-state index >= 15 is 0 Å². The standard InChI is InChI=1S/C19H26O2.C7H10O3/c1-3-5-6-10-16-21-19(20)18(11-4-2)15-14-17-12-8-7-9-13-17;1-5(2)7(8)10-4-6-3-9-6/h7-9,11-15H,3-6,10,16H2,1-2H3;6H,1,3-4H2,2H3. The first kappa shape index (κ1) is 26.4. The zero-order chi connectivity index (χ0) is 22.9. The van der Waals surface area contributed by atoms with Crippen molar-refractivity contribution in [1.29, 1.82) is 0 Å². The van der Waals surface area contributed by atoms with Crippen molar-refractivity contribution in [3.05, 3.63) is 65.8 Å². The van der Waals surface area contributed by atoms with E-state index in [4.69, 9.17) is 14.2 Å². The Bertz CT molecular complexity index is 729. The highest BCUT2D eigenvalue weighted by Crippen LogP contribution is 2.10. The smallest absolute Gasteiger partial charge is 0.337 e. The summed E-state index contributed by atoms with van der Waals surface area (Å²) in [4.78, 5) is 22.7. The summed E-state index contributed by atoms with van der Waals surface area (Å²) in [6, 6.07) is 9.96. The largest absolute Gasteiger partial charge is 0.462 e. The molecular formula is C26H36O5. The van der Waals surface area contributed by atoms with Gasteiger partial charge < -0.3 is 14.2 Å². The average molecular weight is 429 g/mol. The minimum atomic E-state index is -0.337. The molecular weight excluding hydrogens is 392 g/mol. The van der Waals surface area contributed by atoms with Crippen molar-refractivity contribution >= 4 is 18.0 Å². The quantitative estimate of drug-likeness (QED) is 0.141. The van der Waals surface area contributed by atoms with Crippen molar-refractivity contribution < 1.29 is 23.8 Å². The molecule has 31 heavy (non-hydrogen) atoms. The summed E-state index contributed by atoms with van der Waals surface area (Å²) in [5.74, 6) is -0.559. The topological polar surface area (TPSA) is 65.1 Å². The molecule has 0 amide bonds. The van der Waals surface area contributed by atoms with Crippen LogP contribution in [0.2, 0.25) is 0 Å². The molecule has 0 aromatic heterocycles. The first-order valence-electron chi connectivity index (χ1n) is 11.0. The molecule has 170 valence electrons. The van der Waals surface area contributed by atoms with Gasteiger partial charge in [0, 0.05) is 5.57 Å². The Kier molecular flexibility index (Phi) is 13.7. The molecule has 1 aromatic rings. The number of carbonyl (C=O) groups excluding carboxylic acids is 2. The molecule has 0 radical (unpaired) electrons. The number of benzene rings is 1. The van der Waals surface area contributed by atoms with Gasteiger partial charge in [-0.1, -0.05) is 82.2 Å². The van der Waals surface area contributed by atoms with Crippen LogP contribution in [0.25, 0.3) is 6.08 Å². The maximum Gasteiger partial charge on any atom is 0.337 e. The van der Waals surface area contributed by atoms with Crippen LogP contribution in [0, 0.1) is 0 Å². The van der Waals surface area contributed by atoms with Gasteiger partial charge in [0.25, 0.3) is 0 Å². The summed E-state index contributed by atoms with van der Waals surface area (Å²) >= 11 is 0. The van der Waals surface area contributed by atoms with Crippen molar-refractivity contribution in [2.75, 3.05) is 19.8 Å². The monoisotopic (exact) mass is 428 g/mol. The van der Waals surface area contributed by atoms with Crippen LogP contribution in [-0.4, -0.2) is 37.9 Å². The van der Waals surface area contributed by atoms with Gasteiger partial charge in [-0.3, -0.25) is 0 Å². The molecule has 1 aliphatic rings. The summed E-state index contributed by atoms with van der Waals surface area (Å²) in [7, 11) is 0. The van der Waals surface area contributed by atoms with Gasteiger partial charge in [0.2, 0.25) is 0 Å². The van der Waals surface area contributed by atoms with Gasteiger partial charge in [-0.15, -0.1) is 0 Å². The number of unbranched alkanes of at least 4 members (excludes halogenated alkanes) is 3. The second-order valence-corrected chi connectivity index (χ2v) is 7.34. The SMILES string of the molecule is C=C(C)C(=O)OCC1CO1.CCC=C(C=Cc1ccccc1)C(=O)OCCCCCC. The third kappa shape index (κ3) is 13.3. The predicted molar refractivity (Wildman–Crippen MR) is 124 cm³/mol. The number of rotatable bonds is 12. The summed E-state index contributed by atoms with van der Waals surface area (Å²) in [6.07, 6.45) is 11.1. The fraction of sp³-hybridized carbons (Fsp3) is 0.462. The Morgan fingerprint density at radius 2 is 1.81 bits per heavy atom. The van der Waals surface area contributed by atoms with Crippen LogP contribution in [0.15, 0.2) is 60.2 Å². The van der Waals surface area contributed by atoms with Crippen LogP contribution in [0.4, 0.5) is 0 Å². The van der Waals surface area contributed by atoms with E-state index in [1.165, 1.54) is 12.8 Å². The number of esters is 2. The number of hydrogen-bond donors (Lipinski definition) is 0. The lowest BCUT2D eigenvalue weighted by molar-refractivity contribution is -0.140. The van der Waals surface area contributed by atoms with Gasteiger partial charge in [0.1, 0.15) is 12.7 Å². The van der Waals surface area contributed by atoms with Gasteiger partial charge in [-0.05, 0) is 31.4 Å². The Morgan fingerprint density at radius 1 is 1.10 bits per heavy atom. The van der Waals surface area contributed by atoms with E-state index in [-0.39, 0.29) is 18.0 Å². The second-order valence-electron chi connectivity index (χ2n) is 7.34. The van der Waals surface area contributed by atoms with Gasteiger partial charge in [-0.2, -0.15) is 0 Å². The van der Waals surface area contributed by atoms with Gasteiger partial charge in [0.15, 0.2) is 0 Å². The molecule has 0 spiro atoms. The lowest BCUT2D eigenvalue weighted by Gasteiger charge is -2.05. The van der Waals surface area contributed by atoms with E-state index in [9.17, 15) is 9.59 Å². The summed E-state index contributed by atoms with van der Waals surface area (Å²) < 4.78 is 14.9. The average Bonchev–Trinajstić information content (AvgIpc) is 3.60. The Hall–Kier alpha value is -2.66. The molecule has 1 fully saturated rings. The van der Waals surface area contributed by atoms with E-state index in [0.717, 1.165) is 24.8 Å². The third-order valence-electron chi connectivity index (χ3n) is 4.30. The Labute approximate surface area is 186 Å². The number of carbonyl (C=O) groups is 2. The van der Waals surface area contributed by atoms with Crippen molar-refractivity contribution in [2.24, 2.45) is 0 Å². The van der Waals surface area contributed by atoms with Gasteiger partial charge in [-0.25, -0.2) is 9.59 Å². The number of epoxide rings is 1. The van der Waals surface area contributed by atoms with Gasteiger partial charge >= 0.3 is 11.9 Å². The highest BCUT2D eigenvalue weighted by atomic mass is 16.6. The number of ether oxygens (including phenoxy) is 3. The zero-order valence-corrected chi connectivity index (χ0v) is 19.1. The molecule has 0 saturated carbocycles. The van der Waals surface area contributed by atoms with Crippen LogP contribution < -0.4 is 0 Å². The first-order valence-corrected chi connectivity index (χ1v) is 11.0. The van der Waals surface area contributed by atoms with Crippen LogP contribution in [0.3, 0.4) is 0 Å². The molecule has 1 atom stereocenters. The number of allylic oxidation sites excluding steroid dienone is 1. The lowest BCUT2D eigenvalue weighted by atomic mass is 10.1. The van der Waals surface area contributed by atoms with Crippen molar-refractivity contribution in [3.63, 3.8) is 0 Å². The van der Waals surface area contributed by atoms with Gasteiger partial charge in [0.05, 0.1) is 18.8 Å². The van der Waals surface area contributed by atoms with Crippen LogP contribution in [0.1, 0.15) is 58.4 Å². The zero-order valence-electron chi connectivity index (χ0n) is 19.1. The van der Waals surface area contributed by atoms with Crippen LogP contribution >= 0.6 is 0 Å². The van der Waals surface area contributed by atoms with Crippen LogP contribution in [0.5, 0.6) is 0 Å². The Morgan fingerprint density at radius 3 is 2.39 bits per heavy atom. The number of hydrogen-bond acceptors (Lipinski definition) is 5. The van der Waals surface area contributed by atoms with Crippen molar-refractivity contribution in [1.82, 2.24) is 0 Å². The predicted octanol–water partition coefficient (Wildman–Crippen LogP) is 5.66. The highest BCUT2D eigenvalue weighted by molar-refractivity contribution is 5.92. The Balaban J connectivity index is 0.000000399. The minimum absolute atomic E-state index is 0.142. The van der Waals surface area contributed by atoms with E-state index in [1.807, 2.05) is 55.5 Å². The molecule has 0 N–H and O–H groups in total. The summed E-state index contributed by atoms with van der Waals surface area (Å²) in [5, 5.41) is 0. The van der Waals surface area contributed by atoms with E-state index in [0.29, 0.717) is 31.0 Å². The molecule has 5 heteroatoms. The normalized spacial score (nSPS) is 15.1. The van der Waals surface area contributed by atoms with E-state index < -0.39 is 0 Å². The van der Waals surface area contributed by atoms with E-state index in [1.54, 1.807) is 6.92 Å². The first-order chi connectivity index (χ1) is 15.0. The maximum atomic E-state index is 12.0. The summed E-state index contributed by atoms with van der Waals surface area (Å²) in [5.41, 5.74) is 2.15. The molecule has 5 nitrogen and oxygen atoms in total. The molecule has 1 aliphatic heterocycles. The molecule has 1 unspecified atom stereocenters. The van der Waals surface area contributed by atoms with E-state index in [2.05, 4.69) is 13.5 Å². The fourth-order valence-electron chi connectivity index (χ4n) is 2.42. The minimum Gasteiger partial charge on any atom is -0.462 e. The lowest BCUT2D eigenvalue weighted by Crippen LogP contribution is -2.09. The van der Waals surface area contributed by atoms with Crippen LogP contribution in [-0.2, 0) is 23.8 Å². The van der Waals surface area contributed by atoms with Crippen molar-refractivity contribution in [2.45, 2.75) is 59.0 Å². The summed E-state index contributed by atoms with van der Waals surface area (Å²) in [6.45, 7) is 10.8. The van der Waals surface area contributed by atoms with Crippen molar-refractivity contribution in [3.8, 4) is 0 Å². The molecule has 1 aromatic carbocycles. The molecule has 1 heterocycles. The maximum absolute atomic E-state index is 12.0. The second kappa shape index (κ2) is 16.1. The molecule has 0 aliphatic carbocycles. The highest BCUT2D eigenvalue weighted by Gasteiger charge is 2.24. The molecule has 2 rings (SSSR count). The molecule has 1 saturated heterocycles. The fourth-order valence-corrected chi connectivity index (χ4v) is 2.42.